The number of anilines is 1. The van der Waals surface area contributed by atoms with Crippen LogP contribution >= 0.6 is 0 Å². The molecule has 0 aliphatic carbocycles. The van der Waals surface area contributed by atoms with Gasteiger partial charge in [0.2, 0.25) is 5.91 Å². The highest BCUT2D eigenvalue weighted by molar-refractivity contribution is 6.05. The van der Waals surface area contributed by atoms with Gasteiger partial charge in [0, 0.05) is 25.0 Å². The van der Waals surface area contributed by atoms with Crippen LogP contribution in [0.25, 0.3) is 10.8 Å². The van der Waals surface area contributed by atoms with Crippen molar-refractivity contribution in [1.29, 1.82) is 0 Å². The fourth-order valence-electron chi connectivity index (χ4n) is 3.63. The Labute approximate surface area is 148 Å². The molecule has 0 unspecified atom stereocenters. The van der Waals surface area contributed by atoms with E-state index in [0.717, 1.165) is 30.7 Å². The van der Waals surface area contributed by atoms with Crippen molar-refractivity contribution in [2.75, 3.05) is 18.0 Å². The van der Waals surface area contributed by atoms with Crippen LogP contribution in [0.3, 0.4) is 0 Å². The largest absolute Gasteiger partial charge is 0.309 e. The molecule has 3 aromatic carbocycles. The topological polar surface area (TPSA) is 23.6 Å². The molecule has 25 heavy (non-hydrogen) atoms. The van der Waals surface area contributed by atoms with Crippen molar-refractivity contribution < 1.29 is 4.79 Å². The molecule has 1 fully saturated rings. The molecular weight excluding hydrogens is 308 g/mol. The lowest BCUT2D eigenvalue weighted by Gasteiger charge is -2.39. The van der Waals surface area contributed by atoms with Gasteiger partial charge >= 0.3 is 0 Å². The molecule has 1 heterocycles. The lowest BCUT2D eigenvalue weighted by molar-refractivity contribution is -0.125. The molecule has 1 aliphatic heterocycles. The summed E-state index contributed by atoms with van der Waals surface area (Å²) >= 11 is 0. The SMILES string of the molecule is C[C@H]1C(=O)N(c2cccc3ccccc23)CCN1Cc1ccccc1. The van der Waals surface area contributed by atoms with Gasteiger partial charge in [0.15, 0.2) is 0 Å². The zero-order valence-electron chi connectivity index (χ0n) is 14.4. The van der Waals surface area contributed by atoms with Gasteiger partial charge in [0.25, 0.3) is 0 Å². The Morgan fingerprint density at radius 1 is 0.880 bits per heavy atom. The van der Waals surface area contributed by atoms with Crippen LogP contribution in [0.2, 0.25) is 0 Å². The Balaban J connectivity index is 1.59. The number of fused-ring (bicyclic) bond motifs is 1. The summed E-state index contributed by atoms with van der Waals surface area (Å²) in [6.45, 7) is 4.44. The van der Waals surface area contributed by atoms with Crippen LogP contribution in [0.4, 0.5) is 5.69 Å². The number of nitrogens with zero attached hydrogens (tertiary/aromatic N) is 2. The van der Waals surface area contributed by atoms with Gasteiger partial charge in [-0.15, -0.1) is 0 Å². The molecule has 0 spiro atoms. The third-order valence-corrected chi connectivity index (χ3v) is 5.07. The van der Waals surface area contributed by atoms with Gasteiger partial charge in [-0.25, -0.2) is 0 Å². The maximum absolute atomic E-state index is 13.1. The van der Waals surface area contributed by atoms with Crippen molar-refractivity contribution in [2.24, 2.45) is 0 Å². The highest BCUT2D eigenvalue weighted by Crippen LogP contribution is 2.29. The molecule has 126 valence electrons. The van der Waals surface area contributed by atoms with Gasteiger partial charge in [0.05, 0.1) is 11.7 Å². The van der Waals surface area contributed by atoms with E-state index >= 15 is 0 Å². The van der Waals surface area contributed by atoms with Crippen LogP contribution in [0.1, 0.15) is 12.5 Å². The number of carbonyl (C=O) groups excluding carboxylic acids is 1. The number of carbonyl (C=O) groups is 1. The summed E-state index contributed by atoms with van der Waals surface area (Å²) in [6, 6.07) is 24.7. The number of piperazine rings is 1. The highest BCUT2D eigenvalue weighted by Gasteiger charge is 2.32. The van der Waals surface area contributed by atoms with E-state index in [0.29, 0.717) is 0 Å². The monoisotopic (exact) mass is 330 g/mol. The smallest absolute Gasteiger partial charge is 0.244 e. The van der Waals surface area contributed by atoms with E-state index in [2.05, 4.69) is 41.3 Å². The second-order valence-corrected chi connectivity index (χ2v) is 6.62. The van der Waals surface area contributed by atoms with Gasteiger partial charge in [-0.05, 0) is 23.9 Å². The molecule has 3 nitrogen and oxygen atoms in total. The van der Waals surface area contributed by atoms with Crippen molar-refractivity contribution >= 4 is 22.4 Å². The lowest BCUT2D eigenvalue weighted by Crippen LogP contribution is -2.55. The summed E-state index contributed by atoms with van der Waals surface area (Å²) < 4.78 is 0. The van der Waals surface area contributed by atoms with E-state index in [4.69, 9.17) is 0 Å². The highest BCUT2D eigenvalue weighted by atomic mass is 16.2. The van der Waals surface area contributed by atoms with Crippen LogP contribution in [0, 0.1) is 0 Å². The van der Waals surface area contributed by atoms with E-state index in [-0.39, 0.29) is 11.9 Å². The van der Waals surface area contributed by atoms with Crippen LogP contribution < -0.4 is 4.90 Å². The van der Waals surface area contributed by atoms with E-state index in [1.165, 1.54) is 10.9 Å². The molecule has 0 N–H and O–H groups in total. The maximum atomic E-state index is 13.1. The molecule has 0 bridgehead atoms. The Bertz CT molecular complexity index is 885. The minimum absolute atomic E-state index is 0.118. The van der Waals surface area contributed by atoms with E-state index in [1.54, 1.807) is 0 Å². The Morgan fingerprint density at radius 3 is 2.44 bits per heavy atom. The van der Waals surface area contributed by atoms with E-state index < -0.39 is 0 Å². The summed E-state index contributed by atoms with van der Waals surface area (Å²) in [5, 5.41) is 2.31. The second kappa shape index (κ2) is 6.69. The summed E-state index contributed by atoms with van der Waals surface area (Å²) in [6.07, 6.45) is 0. The van der Waals surface area contributed by atoms with Crippen molar-refractivity contribution in [1.82, 2.24) is 4.90 Å². The molecule has 1 aliphatic rings. The Kier molecular flexibility index (Phi) is 4.24. The molecule has 3 aromatic rings. The van der Waals surface area contributed by atoms with Crippen LogP contribution in [-0.2, 0) is 11.3 Å². The van der Waals surface area contributed by atoms with Crippen molar-refractivity contribution in [2.45, 2.75) is 19.5 Å². The van der Waals surface area contributed by atoms with E-state index in [1.807, 2.05) is 48.2 Å². The van der Waals surface area contributed by atoms with Crippen molar-refractivity contribution in [3.05, 3.63) is 78.4 Å². The molecule has 1 amide bonds. The molecular formula is C22H22N2O. The van der Waals surface area contributed by atoms with E-state index in [9.17, 15) is 4.79 Å². The molecule has 0 saturated carbocycles. The Hall–Kier alpha value is -2.65. The molecule has 0 radical (unpaired) electrons. The molecule has 3 heteroatoms. The van der Waals surface area contributed by atoms with Gasteiger partial charge in [-0.1, -0.05) is 66.7 Å². The summed E-state index contributed by atoms with van der Waals surface area (Å²) in [4.78, 5) is 17.3. The first-order valence-electron chi connectivity index (χ1n) is 8.81. The third kappa shape index (κ3) is 3.03. The zero-order valence-corrected chi connectivity index (χ0v) is 14.4. The predicted octanol–water partition coefficient (Wildman–Crippen LogP) is 4.08. The number of rotatable bonds is 3. The predicted molar refractivity (Wildman–Crippen MR) is 103 cm³/mol. The van der Waals surface area contributed by atoms with Crippen LogP contribution in [-0.4, -0.2) is 29.9 Å². The lowest BCUT2D eigenvalue weighted by atomic mass is 10.1. The first-order chi connectivity index (χ1) is 12.2. The molecule has 0 aromatic heterocycles. The Morgan fingerprint density at radius 2 is 1.60 bits per heavy atom. The summed E-state index contributed by atoms with van der Waals surface area (Å²) in [7, 11) is 0. The van der Waals surface area contributed by atoms with Crippen LogP contribution in [0.15, 0.2) is 72.8 Å². The number of benzene rings is 3. The average Bonchev–Trinajstić information content (AvgIpc) is 2.66. The first-order valence-corrected chi connectivity index (χ1v) is 8.81. The number of amides is 1. The molecule has 1 atom stereocenters. The molecule has 4 rings (SSSR count). The van der Waals surface area contributed by atoms with Gasteiger partial charge in [-0.2, -0.15) is 0 Å². The first kappa shape index (κ1) is 15.9. The standard InChI is InChI=1S/C22H22N2O/c1-17-22(25)24(15-14-23(17)16-18-8-3-2-4-9-18)21-13-7-11-19-10-5-6-12-20(19)21/h2-13,17H,14-16H2,1H3/t17-/m0/s1. The van der Waals surface area contributed by atoms with Crippen molar-refractivity contribution in [3.63, 3.8) is 0 Å². The fraction of sp³-hybridized carbons (Fsp3) is 0.227. The van der Waals surface area contributed by atoms with Gasteiger partial charge in [0.1, 0.15) is 0 Å². The second-order valence-electron chi connectivity index (χ2n) is 6.62. The van der Waals surface area contributed by atoms with Crippen LogP contribution in [0.5, 0.6) is 0 Å². The number of hydrogen-bond acceptors (Lipinski definition) is 2. The maximum Gasteiger partial charge on any atom is 0.244 e. The van der Waals surface area contributed by atoms with Gasteiger partial charge in [-0.3, -0.25) is 9.69 Å². The van der Waals surface area contributed by atoms with Crippen molar-refractivity contribution in [3.8, 4) is 0 Å². The minimum Gasteiger partial charge on any atom is -0.309 e. The average molecular weight is 330 g/mol. The fourth-order valence-corrected chi connectivity index (χ4v) is 3.63. The normalized spacial score (nSPS) is 18.7. The number of hydrogen-bond donors (Lipinski definition) is 0. The zero-order chi connectivity index (χ0) is 17.2. The third-order valence-electron chi connectivity index (χ3n) is 5.07. The summed E-state index contributed by atoms with van der Waals surface area (Å²) in [5.74, 6) is 0.179. The quantitative estimate of drug-likeness (QED) is 0.722. The minimum atomic E-state index is -0.118. The molecule has 1 saturated heterocycles. The van der Waals surface area contributed by atoms with Gasteiger partial charge < -0.3 is 4.90 Å². The summed E-state index contributed by atoms with van der Waals surface area (Å²) in [5.41, 5.74) is 2.27.